The van der Waals surface area contributed by atoms with Gasteiger partial charge in [0.25, 0.3) is 0 Å². The van der Waals surface area contributed by atoms with Crippen molar-refractivity contribution in [1.29, 1.82) is 0 Å². The Kier molecular flexibility index (Phi) is 8.37. The van der Waals surface area contributed by atoms with Crippen molar-refractivity contribution in [2.75, 3.05) is 36.5 Å². The Labute approximate surface area is 241 Å². The molecule has 5 rings (SSSR count). The van der Waals surface area contributed by atoms with Crippen LogP contribution in [0.15, 0.2) is 48.7 Å². The lowest BCUT2D eigenvalue weighted by molar-refractivity contribution is 0.0210. The monoisotopic (exact) mass is 558 g/mol. The molecule has 0 radical (unpaired) electrons. The lowest BCUT2D eigenvalue weighted by Crippen LogP contribution is -2.44. The van der Waals surface area contributed by atoms with Gasteiger partial charge in [-0.2, -0.15) is 4.98 Å². The number of likely N-dealkylation sites (tertiary alicyclic amines) is 1. The van der Waals surface area contributed by atoms with Crippen LogP contribution in [0.4, 0.5) is 22.4 Å². The van der Waals surface area contributed by atoms with E-state index in [1.165, 1.54) is 0 Å². The number of ether oxygens (including phenoxy) is 2. The molecule has 0 saturated carbocycles. The van der Waals surface area contributed by atoms with Crippen LogP contribution in [0.2, 0.25) is 0 Å². The van der Waals surface area contributed by atoms with E-state index in [4.69, 9.17) is 19.4 Å². The third-order valence-corrected chi connectivity index (χ3v) is 7.10. The van der Waals surface area contributed by atoms with Gasteiger partial charge < -0.3 is 24.6 Å². The summed E-state index contributed by atoms with van der Waals surface area (Å²) < 4.78 is 10.9. The van der Waals surface area contributed by atoms with Crippen molar-refractivity contribution >= 4 is 29.6 Å². The highest BCUT2D eigenvalue weighted by molar-refractivity contribution is 5.97. The summed E-state index contributed by atoms with van der Waals surface area (Å²) in [5, 5.41) is 3.46. The Hall–Kier alpha value is -4.21. The van der Waals surface area contributed by atoms with E-state index in [9.17, 15) is 9.59 Å². The van der Waals surface area contributed by atoms with Crippen LogP contribution < -0.4 is 10.2 Å². The number of esters is 1. The van der Waals surface area contributed by atoms with Crippen molar-refractivity contribution in [3.63, 3.8) is 0 Å². The molecule has 0 spiro atoms. The van der Waals surface area contributed by atoms with Gasteiger partial charge in [0, 0.05) is 37.4 Å². The molecule has 3 aromatic rings. The van der Waals surface area contributed by atoms with Crippen molar-refractivity contribution in [1.82, 2.24) is 19.9 Å². The van der Waals surface area contributed by atoms with E-state index in [-0.39, 0.29) is 18.1 Å². The second-order valence-corrected chi connectivity index (χ2v) is 11.3. The Balaban J connectivity index is 1.36. The molecule has 10 nitrogen and oxygen atoms in total. The normalized spacial score (nSPS) is 15.7. The molecule has 0 unspecified atom stereocenters. The molecule has 1 fully saturated rings. The number of piperidine rings is 1. The van der Waals surface area contributed by atoms with Gasteiger partial charge >= 0.3 is 12.1 Å². The highest BCUT2D eigenvalue weighted by atomic mass is 16.6. The van der Waals surface area contributed by atoms with Crippen LogP contribution in [0.5, 0.6) is 0 Å². The second kappa shape index (κ2) is 12.1. The Morgan fingerprint density at radius 1 is 1.05 bits per heavy atom. The fourth-order valence-corrected chi connectivity index (χ4v) is 5.18. The number of aryl methyl sites for hydroxylation is 1. The first-order valence-corrected chi connectivity index (χ1v) is 14.3. The summed E-state index contributed by atoms with van der Waals surface area (Å²) in [5.74, 6) is 1.70. The summed E-state index contributed by atoms with van der Waals surface area (Å²) in [5.41, 5.74) is 2.40. The zero-order valence-corrected chi connectivity index (χ0v) is 24.2. The van der Waals surface area contributed by atoms with Gasteiger partial charge in [-0.3, -0.25) is 0 Å². The number of benzene rings is 1. The molecule has 2 aliphatic heterocycles. The zero-order valence-electron chi connectivity index (χ0n) is 24.2. The zero-order chi connectivity index (χ0) is 29.0. The third kappa shape index (κ3) is 6.75. The second-order valence-electron chi connectivity index (χ2n) is 11.3. The predicted molar refractivity (Wildman–Crippen MR) is 157 cm³/mol. The molecule has 1 N–H and O–H groups in total. The van der Waals surface area contributed by atoms with Crippen LogP contribution in [0.3, 0.4) is 0 Å². The molecule has 0 bridgehead atoms. The Bertz CT molecular complexity index is 1380. The van der Waals surface area contributed by atoms with Crippen molar-refractivity contribution in [3.8, 4) is 11.3 Å². The molecular formula is C31H38N6O4. The van der Waals surface area contributed by atoms with Gasteiger partial charge in [-0.15, -0.1) is 0 Å². The first kappa shape index (κ1) is 28.3. The van der Waals surface area contributed by atoms with E-state index in [1.54, 1.807) is 18.0 Å². The number of carbonyl (C=O) groups is 2. The van der Waals surface area contributed by atoms with E-state index in [0.717, 1.165) is 55.0 Å². The van der Waals surface area contributed by atoms with Crippen molar-refractivity contribution in [3.05, 3.63) is 59.8 Å². The van der Waals surface area contributed by atoms with Gasteiger partial charge in [-0.1, -0.05) is 30.3 Å². The molecule has 41 heavy (non-hydrogen) atoms. The summed E-state index contributed by atoms with van der Waals surface area (Å²) in [7, 11) is 0. The van der Waals surface area contributed by atoms with Gasteiger partial charge in [0.05, 0.1) is 17.9 Å². The molecule has 2 aliphatic rings. The highest BCUT2D eigenvalue weighted by Crippen LogP contribution is 2.35. The minimum absolute atomic E-state index is 0.146. The van der Waals surface area contributed by atoms with Crippen LogP contribution in [0, 0.1) is 0 Å². The average Bonchev–Trinajstić information content (AvgIpc) is 2.96. The maximum Gasteiger partial charge on any atom is 0.410 e. The Morgan fingerprint density at radius 3 is 2.51 bits per heavy atom. The molecule has 2 aromatic heterocycles. The lowest BCUT2D eigenvalue weighted by atomic mass is 9.99. The summed E-state index contributed by atoms with van der Waals surface area (Å²) in [6.45, 7) is 9.70. The standard InChI is InChI=1S/C31H38N6O4/c1-5-40-28(38)24-20-22-12-9-17-37(27(22)35-26(24)21-10-7-6-8-11-21)25-13-16-32-29(34-25)33-23-14-18-36(19-15-23)30(39)41-31(2,3)4/h6-8,10-11,13,16,20,23H,5,9,12,14-15,17-19H2,1-4H3,(H,32,33,34). The quantitative estimate of drug-likeness (QED) is 0.386. The molecule has 0 aliphatic carbocycles. The minimum Gasteiger partial charge on any atom is -0.462 e. The van der Waals surface area contributed by atoms with E-state index >= 15 is 0 Å². The number of pyridine rings is 1. The summed E-state index contributed by atoms with van der Waals surface area (Å²) in [6.07, 6.45) is 4.74. The van der Waals surface area contributed by atoms with Gasteiger partial charge in [-0.05, 0) is 71.1 Å². The van der Waals surface area contributed by atoms with E-state index < -0.39 is 5.60 Å². The number of amides is 1. The molecule has 10 heteroatoms. The number of hydrogen-bond donors (Lipinski definition) is 1. The first-order valence-electron chi connectivity index (χ1n) is 14.3. The fraction of sp³-hybridized carbons (Fsp3) is 0.452. The first-order chi connectivity index (χ1) is 19.7. The average molecular weight is 559 g/mol. The highest BCUT2D eigenvalue weighted by Gasteiger charge is 2.29. The lowest BCUT2D eigenvalue weighted by Gasteiger charge is -2.34. The van der Waals surface area contributed by atoms with Crippen LogP contribution in [-0.4, -0.2) is 69.8 Å². The Morgan fingerprint density at radius 2 is 1.80 bits per heavy atom. The predicted octanol–water partition coefficient (Wildman–Crippen LogP) is 5.61. The maximum atomic E-state index is 12.9. The van der Waals surface area contributed by atoms with Gasteiger partial charge in [0.2, 0.25) is 5.95 Å². The largest absolute Gasteiger partial charge is 0.462 e. The van der Waals surface area contributed by atoms with E-state index in [1.807, 2.05) is 63.2 Å². The van der Waals surface area contributed by atoms with E-state index in [0.29, 0.717) is 36.9 Å². The molecule has 4 heterocycles. The van der Waals surface area contributed by atoms with Gasteiger partial charge in [-0.25, -0.2) is 19.6 Å². The molecule has 1 aromatic carbocycles. The SMILES string of the molecule is CCOC(=O)c1cc2c(nc1-c1ccccc1)N(c1ccnc(NC3CCN(C(=O)OC(C)(C)C)CC3)n1)CCC2. The number of carbonyl (C=O) groups excluding carboxylic acids is 2. The summed E-state index contributed by atoms with van der Waals surface area (Å²) >= 11 is 0. The number of aromatic nitrogens is 3. The van der Waals surface area contributed by atoms with Crippen LogP contribution in [-0.2, 0) is 15.9 Å². The fourth-order valence-electron chi connectivity index (χ4n) is 5.18. The smallest absolute Gasteiger partial charge is 0.410 e. The summed E-state index contributed by atoms with van der Waals surface area (Å²) in [4.78, 5) is 43.5. The molecule has 0 atom stereocenters. The third-order valence-electron chi connectivity index (χ3n) is 7.10. The number of fused-ring (bicyclic) bond motifs is 1. The van der Waals surface area contributed by atoms with Crippen LogP contribution in [0.25, 0.3) is 11.3 Å². The molecule has 1 saturated heterocycles. The maximum absolute atomic E-state index is 12.9. The minimum atomic E-state index is -0.509. The molecule has 1 amide bonds. The number of rotatable bonds is 6. The van der Waals surface area contributed by atoms with Crippen LogP contribution in [0.1, 0.15) is 62.9 Å². The number of hydrogen-bond acceptors (Lipinski definition) is 9. The summed E-state index contributed by atoms with van der Waals surface area (Å²) in [6, 6.07) is 13.7. The number of anilines is 3. The van der Waals surface area contributed by atoms with Crippen molar-refractivity contribution in [2.45, 2.75) is 65.0 Å². The van der Waals surface area contributed by atoms with Gasteiger partial charge in [0.15, 0.2) is 0 Å². The number of nitrogens with zero attached hydrogens (tertiary/aromatic N) is 5. The van der Waals surface area contributed by atoms with Crippen molar-refractivity contribution < 1.29 is 19.1 Å². The molecule has 216 valence electrons. The van der Waals surface area contributed by atoms with Crippen molar-refractivity contribution in [2.24, 2.45) is 0 Å². The van der Waals surface area contributed by atoms with E-state index in [2.05, 4.69) is 15.2 Å². The van der Waals surface area contributed by atoms with Crippen LogP contribution >= 0.6 is 0 Å². The topological polar surface area (TPSA) is 110 Å². The molecular weight excluding hydrogens is 520 g/mol. The number of nitrogens with one attached hydrogen (secondary N) is 1. The van der Waals surface area contributed by atoms with Gasteiger partial charge in [0.1, 0.15) is 17.2 Å².